The highest BCUT2D eigenvalue weighted by molar-refractivity contribution is 6.42. The number of carbonyl (C=O) groups excluding carboxylic acids is 1. The number of aromatic nitrogens is 1. The number of halogens is 2. The van der Waals surface area contributed by atoms with Crippen LogP contribution >= 0.6 is 23.2 Å². The Balaban J connectivity index is 1.64. The molecule has 0 saturated heterocycles. The zero-order valence-electron chi connectivity index (χ0n) is 16.9. The van der Waals surface area contributed by atoms with Crippen LogP contribution in [0, 0.1) is 0 Å². The maximum atomic E-state index is 13.6. The van der Waals surface area contributed by atoms with Crippen molar-refractivity contribution in [2.24, 2.45) is 0 Å². The Kier molecular flexibility index (Phi) is 5.12. The topological polar surface area (TPSA) is 45.3 Å². The minimum atomic E-state index is -0.246. The molecule has 6 heteroatoms. The second kappa shape index (κ2) is 7.95. The number of hydrogen-bond donors (Lipinski definition) is 1. The highest BCUT2D eigenvalue weighted by Gasteiger charge is 2.35. The average Bonchev–Trinajstić information content (AvgIpc) is 3.18. The number of rotatable bonds is 3. The van der Waals surface area contributed by atoms with Gasteiger partial charge in [0.25, 0.3) is 5.91 Å². The lowest BCUT2D eigenvalue weighted by Crippen LogP contribution is -2.40. The second-order valence-corrected chi connectivity index (χ2v) is 8.43. The van der Waals surface area contributed by atoms with E-state index in [4.69, 9.17) is 27.9 Å². The molecule has 0 bridgehead atoms. The number of para-hydroxylation sites is 1. The smallest absolute Gasteiger partial charge is 0.254 e. The van der Waals surface area contributed by atoms with Gasteiger partial charge in [-0.15, -0.1) is 0 Å². The zero-order chi connectivity index (χ0) is 21.5. The fourth-order valence-electron chi connectivity index (χ4n) is 4.39. The molecule has 0 saturated carbocycles. The second-order valence-electron chi connectivity index (χ2n) is 7.62. The summed E-state index contributed by atoms with van der Waals surface area (Å²) in [6.45, 7) is 0.602. The Morgan fingerprint density at radius 3 is 2.55 bits per heavy atom. The van der Waals surface area contributed by atoms with Crippen LogP contribution in [0.5, 0.6) is 5.75 Å². The lowest BCUT2D eigenvalue weighted by molar-refractivity contribution is 0.0692. The minimum Gasteiger partial charge on any atom is -0.497 e. The third kappa shape index (κ3) is 3.46. The van der Waals surface area contributed by atoms with E-state index in [2.05, 4.69) is 17.1 Å². The van der Waals surface area contributed by atoms with E-state index in [1.165, 1.54) is 10.9 Å². The summed E-state index contributed by atoms with van der Waals surface area (Å²) < 4.78 is 5.33. The fourth-order valence-corrected chi connectivity index (χ4v) is 4.69. The summed E-state index contributed by atoms with van der Waals surface area (Å²) in [7, 11) is 1.64. The number of carbonyl (C=O) groups is 1. The van der Waals surface area contributed by atoms with Crippen LogP contribution in [-0.4, -0.2) is 29.4 Å². The van der Waals surface area contributed by atoms with Crippen LogP contribution in [0.25, 0.3) is 10.9 Å². The summed E-state index contributed by atoms with van der Waals surface area (Å²) in [6.07, 6.45) is 0.777. The SMILES string of the molecule is COc1ccc(C2c3[nH]c4ccccc4c3CCN2C(=O)c2ccc(Cl)c(Cl)c2)cc1. The third-order valence-electron chi connectivity index (χ3n) is 5.89. The first-order valence-corrected chi connectivity index (χ1v) is 10.8. The lowest BCUT2D eigenvalue weighted by Gasteiger charge is -2.36. The van der Waals surface area contributed by atoms with Gasteiger partial charge in [-0.1, -0.05) is 53.5 Å². The first-order valence-electron chi connectivity index (χ1n) is 10.1. The van der Waals surface area contributed by atoms with Gasteiger partial charge in [-0.05, 0) is 53.9 Å². The van der Waals surface area contributed by atoms with Crippen molar-refractivity contribution in [3.63, 3.8) is 0 Å². The number of H-pyrrole nitrogens is 1. The van der Waals surface area contributed by atoms with Crippen molar-refractivity contribution >= 4 is 40.0 Å². The number of methoxy groups -OCH3 is 1. The van der Waals surface area contributed by atoms with Crippen LogP contribution in [0.1, 0.15) is 33.2 Å². The first-order chi connectivity index (χ1) is 15.1. The molecular formula is C25H20Cl2N2O2. The van der Waals surface area contributed by atoms with Crippen LogP contribution < -0.4 is 4.74 Å². The van der Waals surface area contributed by atoms with Gasteiger partial charge in [-0.3, -0.25) is 4.79 Å². The Morgan fingerprint density at radius 2 is 1.81 bits per heavy atom. The monoisotopic (exact) mass is 450 g/mol. The Bertz CT molecular complexity index is 1280. The summed E-state index contributed by atoms with van der Waals surface area (Å²) >= 11 is 12.3. The number of aromatic amines is 1. The molecule has 3 aromatic carbocycles. The Morgan fingerprint density at radius 1 is 1.03 bits per heavy atom. The van der Waals surface area contributed by atoms with Crippen molar-refractivity contribution < 1.29 is 9.53 Å². The van der Waals surface area contributed by atoms with E-state index in [1.54, 1.807) is 25.3 Å². The van der Waals surface area contributed by atoms with E-state index in [-0.39, 0.29) is 11.9 Å². The largest absolute Gasteiger partial charge is 0.497 e. The number of benzene rings is 3. The first kappa shape index (κ1) is 20.0. The van der Waals surface area contributed by atoms with Crippen LogP contribution in [0.2, 0.25) is 10.0 Å². The minimum absolute atomic E-state index is 0.0799. The summed E-state index contributed by atoms with van der Waals surface area (Å²) in [5.41, 5.74) is 4.92. The molecule has 2 heterocycles. The zero-order valence-corrected chi connectivity index (χ0v) is 18.4. The summed E-state index contributed by atoms with van der Waals surface area (Å²) in [4.78, 5) is 19.1. The van der Waals surface area contributed by atoms with Gasteiger partial charge < -0.3 is 14.6 Å². The quantitative estimate of drug-likeness (QED) is 0.399. The maximum Gasteiger partial charge on any atom is 0.254 e. The van der Waals surface area contributed by atoms with Crippen molar-refractivity contribution in [3.05, 3.63) is 99.2 Å². The van der Waals surface area contributed by atoms with Gasteiger partial charge in [-0.2, -0.15) is 0 Å². The molecule has 1 atom stereocenters. The Labute approximate surface area is 190 Å². The average molecular weight is 451 g/mol. The number of hydrogen-bond acceptors (Lipinski definition) is 2. The van der Waals surface area contributed by atoms with E-state index >= 15 is 0 Å². The molecule has 0 radical (unpaired) electrons. The molecule has 1 unspecified atom stereocenters. The molecule has 0 spiro atoms. The van der Waals surface area contributed by atoms with Gasteiger partial charge in [0.2, 0.25) is 0 Å². The molecule has 31 heavy (non-hydrogen) atoms. The van der Waals surface area contributed by atoms with Gasteiger partial charge in [0.1, 0.15) is 5.75 Å². The van der Waals surface area contributed by atoms with Crippen LogP contribution in [0.3, 0.4) is 0 Å². The predicted molar refractivity (Wildman–Crippen MR) is 124 cm³/mol. The van der Waals surface area contributed by atoms with Gasteiger partial charge in [0, 0.05) is 28.7 Å². The molecule has 4 aromatic rings. The van der Waals surface area contributed by atoms with Crippen LogP contribution in [0.15, 0.2) is 66.7 Å². The normalized spacial score (nSPS) is 15.7. The summed E-state index contributed by atoms with van der Waals surface area (Å²) in [6, 6.07) is 20.9. The molecule has 4 nitrogen and oxygen atoms in total. The van der Waals surface area contributed by atoms with Crippen molar-refractivity contribution in [1.82, 2.24) is 9.88 Å². The standard InChI is InChI=1S/C25H20Cl2N2O2/c1-31-17-9-6-15(7-10-17)24-23-19(18-4-2-3-5-22(18)28-23)12-13-29(24)25(30)16-8-11-20(26)21(27)14-16/h2-11,14,24,28H,12-13H2,1H3. The van der Waals surface area contributed by atoms with Crippen LogP contribution in [-0.2, 0) is 6.42 Å². The Hall–Kier alpha value is -2.95. The number of fused-ring (bicyclic) bond motifs is 3. The van der Waals surface area contributed by atoms with Crippen molar-refractivity contribution in [3.8, 4) is 5.75 Å². The molecule has 1 aliphatic rings. The van der Waals surface area contributed by atoms with Gasteiger partial charge >= 0.3 is 0 Å². The van der Waals surface area contributed by atoms with Gasteiger partial charge in [-0.25, -0.2) is 0 Å². The lowest BCUT2D eigenvalue weighted by atomic mass is 9.91. The summed E-state index contributed by atoms with van der Waals surface area (Å²) in [5.74, 6) is 0.697. The number of amides is 1. The molecule has 1 N–H and O–H groups in total. The van der Waals surface area contributed by atoms with E-state index < -0.39 is 0 Å². The number of nitrogens with one attached hydrogen (secondary N) is 1. The molecular weight excluding hydrogens is 431 g/mol. The number of nitrogens with zero attached hydrogens (tertiary/aromatic N) is 1. The molecule has 0 fully saturated rings. The van der Waals surface area contributed by atoms with Crippen LogP contribution in [0.4, 0.5) is 0 Å². The number of ether oxygens (including phenoxy) is 1. The van der Waals surface area contributed by atoms with Crippen molar-refractivity contribution in [2.75, 3.05) is 13.7 Å². The van der Waals surface area contributed by atoms with E-state index in [0.717, 1.165) is 28.9 Å². The molecule has 0 aliphatic carbocycles. The molecule has 1 aromatic heterocycles. The molecule has 1 aliphatic heterocycles. The maximum absolute atomic E-state index is 13.6. The fraction of sp³-hybridized carbons (Fsp3) is 0.160. The molecule has 156 valence electrons. The molecule has 5 rings (SSSR count). The highest BCUT2D eigenvalue weighted by Crippen LogP contribution is 2.39. The van der Waals surface area contributed by atoms with Gasteiger partial charge in [0.05, 0.1) is 23.2 Å². The highest BCUT2D eigenvalue weighted by atomic mass is 35.5. The van der Waals surface area contributed by atoms with Crippen molar-refractivity contribution in [1.29, 1.82) is 0 Å². The molecule has 1 amide bonds. The van der Waals surface area contributed by atoms with E-state index in [0.29, 0.717) is 22.2 Å². The summed E-state index contributed by atoms with van der Waals surface area (Å²) in [5, 5.41) is 2.01. The van der Waals surface area contributed by atoms with E-state index in [9.17, 15) is 4.79 Å². The third-order valence-corrected chi connectivity index (χ3v) is 6.63. The van der Waals surface area contributed by atoms with Crippen molar-refractivity contribution in [2.45, 2.75) is 12.5 Å². The predicted octanol–water partition coefficient (Wildman–Crippen LogP) is 6.27. The van der Waals surface area contributed by atoms with E-state index in [1.807, 2.05) is 41.3 Å². The van der Waals surface area contributed by atoms with Gasteiger partial charge in [0.15, 0.2) is 0 Å².